The van der Waals surface area contributed by atoms with Gasteiger partial charge in [-0.15, -0.1) is 0 Å². The van der Waals surface area contributed by atoms with Crippen molar-refractivity contribution in [2.75, 3.05) is 19.6 Å². The fourth-order valence-electron chi connectivity index (χ4n) is 4.22. The average molecular weight is 420 g/mol. The van der Waals surface area contributed by atoms with Crippen LogP contribution in [0.2, 0.25) is 0 Å². The second kappa shape index (κ2) is 8.55. The van der Waals surface area contributed by atoms with E-state index in [9.17, 15) is 19.4 Å². The number of rotatable bonds is 5. The number of aromatic nitrogens is 2. The summed E-state index contributed by atoms with van der Waals surface area (Å²) in [6.45, 7) is 4.64. The quantitative estimate of drug-likeness (QED) is 0.723. The molecular weight excluding hydrogens is 393 g/mol. The first-order valence-electron chi connectivity index (χ1n) is 10.0. The second-order valence-corrected chi connectivity index (χ2v) is 9.02. The summed E-state index contributed by atoms with van der Waals surface area (Å²) in [6, 6.07) is 6.07. The lowest BCUT2D eigenvalue weighted by Gasteiger charge is -2.34. The molecule has 1 fully saturated rings. The van der Waals surface area contributed by atoms with Crippen molar-refractivity contribution in [1.82, 2.24) is 14.5 Å². The molecule has 0 bridgehead atoms. The molecule has 0 amide bonds. The molecule has 8 heteroatoms. The highest BCUT2D eigenvalue weighted by atomic mass is 32.2. The number of fused-ring (bicyclic) bond motifs is 1. The maximum Gasteiger partial charge on any atom is 0.257 e. The van der Waals surface area contributed by atoms with E-state index in [1.54, 1.807) is 16.7 Å². The normalized spacial score (nSPS) is 21.3. The number of halogens is 1. The smallest absolute Gasteiger partial charge is 0.257 e. The Bertz CT molecular complexity index is 926. The molecule has 0 saturated carbocycles. The number of hydrogen-bond acceptors (Lipinski definition) is 6. The predicted molar refractivity (Wildman–Crippen MR) is 109 cm³/mol. The van der Waals surface area contributed by atoms with Crippen molar-refractivity contribution in [3.05, 3.63) is 57.3 Å². The van der Waals surface area contributed by atoms with E-state index in [0.717, 1.165) is 49.3 Å². The summed E-state index contributed by atoms with van der Waals surface area (Å²) in [7, 11) is 0. The van der Waals surface area contributed by atoms with Gasteiger partial charge in [0.2, 0.25) is 0 Å². The van der Waals surface area contributed by atoms with Crippen molar-refractivity contribution in [3.8, 4) is 0 Å². The van der Waals surface area contributed by atoms with E-state index in [1.807, 2.05) is 6.92 Å². The Labute approximate surface area is 173 Å². The maximum absolute atomic E-state index is 13.1. The van der Waals surface area contributed by atoms with E-state index in [0.29, 0.717) is 18.1 Å². The van der Waals surface area contributed by atoms with Crippen LogP contribution < -0.4 is 5.56 Å². The molecule has 2 aromatic rings. The van der Waals surface area contributed by atoms with E-state index in [2.05, 4.69) is 9.88 Å². The Morgan fingerprint density at radius 1 is 1.28 bits per heavy atom. The van der Waals surface area contributed by atoms with Crippen LogP contribution in [-0.2, 0) is 13.0 Å². The molecule has 2 aliphatic rings. The van der Waals surface area contributed by atoms with E-state index >= 15 is 0 Å². The summed E-state index contributed by atoms with van der Waals surface area (Å²) in [5, 5.41) is 21.0. The van der Waals surface area contributed by atoms with Gasteiger partial charge in [0.25, 0.3) is 5.56 Å². The summed E-state index contributed by atoms with van der Waals surface area (Å²) in [6.07, 6.45) is 1.78. The summed E-state index contributed by atoms with van der Waals surface area (Å²) in [4.78, 5) is 19.5. The maximum atomic E-state index is 13.1. The van der Waals surface area contributed by atoms with Crippen molar-refractivity contribution in [2.45, 2.75) is 49.4 Å². The summed E-state index contributed by atoms with van der Waals surface area (Å²) in [5.41, 5.74) is 1.58. The lowest BCUT2D eigenvalue weighted by molar-refractivity contribution is 0.0591. The molecule has 4 rings (SSSR count). The Balaban J connectivity index is 1.33. The first-order valence-corrected chi connectivity index (χ1v) is 10.9. The van der Waals surface area contributed by atoms with Gasteiger partial charge in [0.15, 0.2) is 5.16 Å². The first-order chi connectivity index (χ1) is 13.9. The van der Waals surface area contributed by atoms with Crippen molar-refractivity contribution >= 4 is 11.8 Å². The SMILES string of the molecule is Cc1nc2n(c(=O)c1CCN1CCC(C(O)c3ccc(F)cc3)CC1)C[C@@H](O)S2. The van der Waals surface area contributed by atoms with Crippen molar-refractivity contribution in [3.63, 3.8) is 0 Å². The van der Waals surface area contributed by atoms with Crippen LogP contribution in [0.4, 0.5) is 4.39 Å². The Morgan fingerprint density at radius 3 is 2.66 bits per heavy atom. The lowest BCUT2D eigenvalue weighted by Crippen LogP contribution is -2.38. The van der Waals surface area contributed by atoms with Crippen LogP contribution in [0.5, 0.6) is 0 Å². The van der Waals surface area contributed by atoms with E-state index in [-0.39, 0.29) is 17.3 Å². The summed E-state index contributed by atoms with van der Waals surface area (Å²) < 4.78 is 14.7. The number of aliphatic hydroxyl groups is 2. The van der Waals surface area contributed by atoms with Gasteiger partial charge in [-0.05, 0) is 62.9 Å². The highest BCUT2D eigenvalue weighted by molar-refractivity contribution is 7.99. The van der Waals surface area contributed by atoms with E-state index in [4.69, 9.17) is 0 Å². The highest BCUT2D eigenvalue weighted by Gasteiger charge is 2.28. The topological polar surface area (TPSA) is 78.6 Å². The van der Waals surface area contributed by atoms with Crippen molar-refractivity contribution in [1.29, 1.82) is 0 Å². The van der Waals surface area contributed by atoms with Gasteiger partial charge in [0.05, 0.1) is 12.6 Å². The van der Waals surface area contributed by atoms with Gasteiger partial charge in [0.1, 0.15) is 11.3 Å². The Morgan fingerprint density at radius 2 is 1.97 bits per heavy atom. The van der Waals surface area contributed by atoms with Crippen LogP contribution in [0.25, 0.3) is 0 Å². The number of hydrogen-bond donors (Lipinski definition) is 2. The van der Waals surface area contributed by atoms with Gasteiger partial charge in [-0.3, -0.25) is 9.36 Å². The molecule has 3 heterocycles. The molecule has 2 aliphatic heterocycles. The predicted octanol–water partition coefficient (Wildman–Crippen LogP) is 2.10. The molecule has 1 aromatic carbocycles. The Kier molecular flexibility index (Phi) is 6.06. The molecule has 6 nitrogen and oxygen atoms in total. The van der Waals surface area contributed by atoms with Crippen molar-refractivity contribution < 1.29 is 14.6 Å². The monoisotopic (exact) mass is 419 g/mol. The minimum absolute atomic E-state index is 0.0434. The standard InChI is InChI=1S/C21H26FN3O3S/c1-13-17(20(28)25-12-18(26)29-21(25)23-13)8-11-24-9-6-15(7-10-24)19(27)14-2-4-16(22)5-3-14/h2-5,15,18-19,26-27H,6-12H2,1H3/t18-,19?/m0/s1. The summed E-state index contributed by atoms with van der Waals surface area (Å²) in [5.74, 6) is -0.139. The third-order valence-electron chi connectivity index (χ3n) is 5.98. The zero-order valence-corrected chi connectivity index (χ0v) is 17.2. The number of nitrogens with zero attached hydrogens (tertiary/aromatic N) is 3. The zero-order chi connectivity index (χ0) is 20.5. The molecule has 0 radical (unpaired) electrons. The second-order valence-electron chi connectivity index (χ2n) is 7.87. The van der Waals surface area contributed by atoms with Gasteiger partial charge in [0, 0.05) is 17.8 Å². The number of aliphatic hydroxyl groups excluding tert-OH is 2. The number of likely N-dealkylation sites (tertiary alicyclic amines) is 1. The average Bonchev–Trinajstić information content (AvgIpc) is 3.08. The molecule has 2 atom stereocenters. The number of aryl methyl sites for hydroxylation is 1. The molecule has 1 unspecified atom stereocenters. The van der Waals surface area contributed by atoms with Crippen LogP contribution in [-0.4, -0.2) is 49.7 Å². The molecule has 29 heavy (non-hydrogen) atoms. The number of benzene rings is 1. The van der Waals surface area contributed by atoms with Gasteiger partial charge in [-0.1, -0.05) is 23.9 Å². The van der Waals surface area contributed by atoms with E-state index in [1.165, 1.54) is 23.9 Å². The van der Waals surface area contributed by atoms with Crippen LogP contribution >= 0.6 is 11.8 Å². The summed E-state index contributed by atoms with van der Waals surface area (Å²) >= 11 is 1.23. The number of piperidine rings is 1. The highest BCUT2D eigenvalue weighted by Crippen LogP contribution is 2.31. The molecule has 1 saturated heterocycles. The molecule has 0 aliphatic carbocycles. The fourth-order valence-corrected chi connectivity index (χ4v) is 5.17. The van der Waals surface area contributed by atoms with Crippen LogP contribution in [0.15, 0.2) is 34.2 Å². The molecule has 1 aromatic heterocycles. The third kappa shape index (κ3) is 4.40. The van der Waals surface area contributed by atoms with Crippen molar-refractivity contribution in [2.24, 2.45) is 5.92 Å². The van der Waals surface area contributed by atoms with Crippen LogP contribution in [0.3, 0.4) is 0 Å². The molecule has 156 valence electrons. The fraction of sp³-hybridized carbons (Fsp3) is 0.524. The van der Waals surface area contributed by atoms with Gasteiger partial charge < -0.3 is 15.1 Å². The Hall–Kier alpha value is -1.74. The molecule has 2 N–H and O–H groups in total. The first kappa shape index (κ1) is 20.5. The van der Waals surface area contributed by atoms with E-state index < -0.39 is 11.5 Å². The van der Waals surface area contributed by atoms with Gasteiger partial charge in [-0.2, -0.15) is 0 Å². The third-order valence-corrected chi connectivity index (χ3v) is 6.93. The zero-order valence-electron chi connectivity index (χ0n) is 16.4. The molecular formula is C21H26FN3O3S. The van der Waals surface area contributed by atoms with Gasteiger partial charge in [-0.25, -0.2) is 9.37 Å². The largest absolute Gasteiger partial charge is 0.388 e. The van der Waals surface area contributed by atoms with Crippen LogP contribution in [0.1, 0.15) is 35.8 Å². The number of thioether (sulfide) groups is 1. The lowest BCUT2D eigenvalue weighted by atomic mass is 9.87. The van der Waals surface area contributed by atoms with Crippen LogP contribution in [0, 0.1) is 18.7 Å². The van der Waals surface area contributed by atoms with Gasteiger partial charge >= 0.3 is 0 Å². The minimum atomic E-state index is -0.601. The molecule has 0 spiro atoms. The minimum Gasteiger partial charge on any atom is -0.388 e.